The lowest BCUT2D eigenvalue weighted by Crippen LogP contribution is -2.51. The Morgan fingerprint density at radius 3 is 2.54 bits per heavy atom. The standard InChI is InChI=1S/C26H31FN6O3S/c1-26(2,32-9-11-37(34,35)12-10-32)8-7-18-16-33(20-15-29-31(3)17-20)24-21(18)5-6-23(30-24)19-13-22(27)25(36-4)28-14-19/h5-6,13-17H,7-12H2,1-4H3. The predicted octanol–water partition coefficient (Wildman–Crippen LogP) is 3.41. The van der Waals surface area contributed by atoms with Crippen molar-refractivity contribution in [1.29, 1.82) is 0 Å². The molecule has 0 bridgehead atoms. The molecule has 0 atom stereocenters. The molecule has 5 heterocycles. The molecular weight excluding hydrogens is 495 g/mol. The van der Waals surface area contributed by atoms with Crippen LogP contribution in [0, 0.1) is 5.82 Å². The van der Waals surface area contributed by atoms with Gasteiger partial charge in [0.1, 0.15) is 5.65 Å². The number of pyridine rings is 2. The number of halogens is 1. The lowest BCUT2D eigenvalue weighted by atomic mass is 9.93. The summed E-state index contributed by atoms with van der Waals surface area (Å²) < 4.78 is 46.8. The molecule has 1 fully saturated rings. The first-order valence-electron chi connectivity index (χ1n) is 12.2. The first-order chi connectivity index (χ1) is 17.6. The van der Waals surface area contributed by atoms with Crippen LogP contribution < -0.4 is 4.74 Å². The number of methoxy groups -OCH3 is 1. The molecule has 0 spiro atoms. The molecule has 0 radical (unpaired) electrons. The zero-order valence-corrected chi connectivity index (χ0v) is 22.3. The third-order valence-corrected chi connectivity index (χ3v) is 8.82. The molecule has 0 amide bonds. The summed E-state index contributed by atoms with van der Waals surface area (Å²) in [5, 5.41) is 5.32. The zero-order valence-electron chi connectivity index (χ0n) is 21.5. The van der Waals surface area contributed by atoms with Gasteiger partial charge in [0, 0.05) is 55.2 Å². The minimum atomic E-state index is -2.93. The highest BCUT2D eigenvalue weighted by atomic mass is 32.2. The topological polar surface area (TPSA) is 95.1 Å². The smallest absolute Gasteiger partial charge is 0.250 e. The van der Waals surface area contributed by atoms with E-state index in [1.54, 1.807) is 17.1 Å². The number of hydrogen-bond donors (Lipinski definition) is 0. The minimum absolute atomic E-state index is 0.0558. The second kappa shape index (κ2) is 9.53. The molecule has 1 aliphatic rings. The predicted molar refractivity (Wildman–Crippen MR) is 140 cm³/mol. The van der Waals surface area contributed by atoms with Crippen LogP contribution in [-0.2, 0) is 23.3 Å². The van der Waals surface area contributed by atoms with Gasteiger partial charge < -0.3 is 4.74 Å². The maximum Gasteiger partial charge on any atom is 0.250 e. The fraction of sp³-hybridized carbons (Fsp3) is 0.423. The molecule has 9 nitrogen and oxygen atoms in total. The van der Waals surface area contributed by atoms with Gasteiger partial charge in [-0.3, -0.25) is 14.1 Å². The van der Waals surface area contributed by atoms with Crippen molar-refractivity contribution >= 4 is 20.9 Å². The van der Waals surface area contributed by atoms with E-state index in [0.29, 0.717) is 24.3 Å². The van der Waals surface area contributed by atoms with E-state index >= 15 is 0 Å². The van der Waals surface area contributed by atoms with E-state index in [2.05, 4.69) is 35.0 Å². The number of fused-ring (bicyclic) bond motifs is 1. The van der Waals surface area contributed by atoms with Crippen molar-refractivity contribution in [1.82, 2.24) is 29.2 Å². The Hall–Kier alpha value is -3.31. The zero-order chi connectivity index (χ0) is 26.4. The molecule has 11 heteroatoms. The number of aryl methyl sites for hydroxylation is 2. The molecule has 196 valence electrons. The lowest BCUT2D eigenvalue weighted by molar-refractivity contribution is 0.123. The third kappa shape index (κ3) is 5.10. The number of aromatic nitrogens is 5. The van der Waals surface area contributed by atoms with E-state index in [4.69, 9.17) is 9.72 Å². The average molecular weight is 527 g/mol. The van der Waals surface area contributed by atoms with E-state index in [0.717, 1.165) is 35.1 Å². The second-order valence-electron chi connectivity index (χ2n) is 10.1. The van der Waals surface area contributed by atoms with E-state index in [1.807, 2.05) is 29.9 Å². The van der Waals surface area contributed by atoms with Crippen LogP contribution in [0.3, 0.4) is 0 Å². The quantitative estimate of drug-likeness (QED) is 0.364. The van der Waals surface area contributed by atoms with Gasteiger partial charge in [0.2, 0.25) is 5.88 Å². The number of rotatable bonds is 7. The van der Waals surface area contributed by atoms with Crippen molar-refractivity contribution in [3.8, 4) is 22.8 Å². The van der Waals surface area contributed by atoms with E-state index in [1.165, 1.54) is 13.2 Å². The fourth-order valence-electron chi connectivity index (χ4n) is 4.89. The van der Waals surface area contributed by atoms with Crippen molar-refractivity contribution in [2.24, 2.45) is 7.05 Å². The summed E-state index contributed by atoms with van der Waals surface area (Å²) in [6.45, 7) is 5.47. The molecule has 0 aromatic carbocycles. The number of ether oxygens (including phenoxy) is 1. The van der Waals surface area contributed by atoms with Crippen molar-refractivity contribution < 1.29 is 17.5 Å². The number of nitrogens with zero attached hydrogens (tertiary/aromatic N) is 6. The first-order valence-corrected chi connectivity index (χ1v) is 14.0. The third-order valence-electron chi connectivity index (χ3n) is 7.21. The van der Waals surface area contributed by atoms with Crippen LogP contribution >= 0.6 is 0 Å². The van der Waals surface area contributed by atoms with E-state index in [-0.39, 0.29) is 22.9 Å². The average Bonchev–Trinajstić information content (AvgIpc) is 3.45. The van der Waals surface area contributed by atoms with E-state index in [9.17, 15) is 12.8 Å². The molecule has 0 N–H and O–H groups in total. The molecule has 0 unspecified atom stereocenters. The summed E-state index contributed by atoms with van der Waals surface area (Å²) in [7, 11) is 0.317. The second-order valence-corrected chi connectivity index (χ2v) is 12.4. The van der Waals surface area contributed by atoms with Crippen LogP contribution in [0.25, 0.3) is 28.0 Å². The van der Waals surface area contributed by atoms with Gasteiger partial charge in [-0.05, 0) is 50.5 Å². The van der Waals surface area contributed by atoms with Crippen LogP contribution in [0.4, 0.5) is 4.39 Å². The Kier molecular flexibility index (Phi) is 6.53. The molecular formula is C26H31FN6O3S. The maximum absolute atomic E-state index is 14.3. The Bertz CT molecular complexity index is 1550. The highest BCUT2D eigenvalue weighted by Gasteiger charge is 2.32. The van der Waals surface area contributed by atoms with Gasteiger partial charge in [-0.1, -0.05) is 0 Å². The number of sulfone groups is 1. The molecule has 0 aliphatic carbocycles. The van der Waals surface area contributed by atoms with Gasteiger partial charge >= 0.3 is 0 Å². The fourth-order valence-corrected chi connectivity index (χ4v) is 6.09. The highest BCUT2D eigenvalue weighted by molar-refractivity contribution is 7.91. The summed E-state index contributed by atoms with van der Waals surface area (Å²) in [5.74, 6) is -0.174. The monoisotopic (exact) mass is 526 g/mol. The van der Waals surface area contributed by atoms with Gasteiger partial charge in [0.05, 0.1) is 36.2 Å². The van der Waals surface area contributed by atoms with Gasteiger partial charge in [-0.25, -0.2) is 22.8 Å². The number of hydrogen-bond acceptors (Lipinski definition) is 7. The van der Waals surface area contributed by atoms with Crippen molar-refractivity contribution in [3.63, 3.8) is 0 Å². The van der Waals surface area contributed by atoms with E-state index < -0.39 is 15.7 Å². The summed E-state index contributed by atoms with van der Waals surface area (Å²) >= 11 is 0. The Morgan fingerprint density at radius 2 is 1.89 bits per heavy atom. The van der Waals surface area contributed by atoms with Crippen molar-refractivity contribution in [2.45, 2.75) is 32.2 Å². The SMILES string of the molecule is COc1ncc(-c2ccc3c(CCC(C)(C)N4CCS(=O)(=O)CC4)cn(-c4cnn(C)c4)c3n2)cc1F. The first kappa shape index (κ1) is 25.3. The van der Waals surface area contributed by atoms with Gasteiger partial charge in [-0.2, -0.15) is 5.10 Å². The van der Waals surface area contributed by atoms with Crippen LogP contribution in [0.5, 0.6) is 5.88 Å². The maximum atomic E-state index is 14.3. The Labute approximate surface area is 215 Å². The summed E-state index contributed by atoms with van der Waals surface area (Å²) in [4.78, 5) is 11.2. The van der Waals surface area contributed by atoms with Gasteiger partial charge in [0.25, 0.3) is 0 Å². The van der Waals surface area contributed by atoms with Crippen molar-refractivity contribution in [3.05, 3.63) is 54.4 Å². The van der Waals surface area contributed by atoms with Crippen LogP contribution in [0.1, 0.15) is 25.8 Å². The Morgan fingerprint density at radius 1 is 1.14 bits per heavy atom. The molecule has 1 aliphatic heterocycles. The normalized spacial score (nSPS) is 16.4. The molecule has 0 saturated carbocycles. The molecule has 5 rings (SSSR count). The lowest BCUT2D eigenvalue weighted by Gasteiger charge is -2.41. The summed E-state index contributed by atoms with van der Waals surface area (Å²) in [6.07, 6.45) is 8.99. The van der Waals surface area contributed by atoms with Crippen LogP contribution in [0.2, 0.25) is 0 Å². The largest absolute Gasteiger partial charge is 0.479 e. The Balaban J connectivity index is 1.49. The van der Waals surface area contributed by atoms with Crippen LogP contribution in [-0.4, -0.2) is 74.9 Å². The molecule has 1 saturated heterocycles. The molecule has 4 aromatic rings. The summed E-state index contributed by atoms with van der Waals surface area (Å²) in [5.41, 5.74) is 3.77. The van der Waals surface area contributed by atoms with Gasteiger partial charge in [-0.15, -0.1) is 0 Å². The molecule has 37 heavy (non-hydrogen) atoms. The van der Waals surface area contributed by atoms with Crippen LogP contribution in [0.15, 0.2) is 43.0 Å². The van der Waals surface area contributed by atoms with Gasteiger partial charge in [0.15, 0.2) is 15.7 Å². The van der Waals surface area contributed by atoms with Crippen molar-refractivity contribution in [2.75, 3.05) is 31.7 Å². The molecule has 4 aromatic heterocycles. The highest BCUT2D eigenvalue weighted by Crippen LogP contribution is 2.31. The summed E-state index contributed by atoms with van der Waals surface area (Å²) in [6, 6.07) is 5.27. The minimum Gasteiger partial charge on any atom is -0.479 e.